The van der Waals surface area contributed by atoms with Gasteiger partial charge in [-0.3, -0.25) is 24.5 Å². The van der Waals surface area contributed by atoms with Crippen LogP contribution in [0.25, 0.3) is 0 Å². The van der Waals surface area contributed by atoms with Crippen LogP contribution in [0.4, 0.5) is 11.4 Å². The van der Waals surface area contributed by atoms with Gasteiger partial charge in [0.05, 0.1) is 16.2 Å². The zero-order valence-electron chi connectivity index (χ0n) is 16.6. The third-order valence-electron chi connectivity index (χ3n) is 4.88. The van der Waals surface area contributed by atoms with E-state index in [9.17, 15) is 24.5 Å². The molecule has 0 N–H and O–H groups in total. The number of nitro groups is 1. The number of carbonyl (C=O) groups is 3. The topological polar surface area (TPSA) is 107 Å². The molecule has 0 saturated carbocycles. The first-order chi connectivity index (χ1) is 14.4. The molecule has 2 aromatic carbocycles. The van der Waals surface area contributed by atoms with Crippen LogP contribution in [0.1, 0.15) is 66.2 Å². The van der Waals surface area contributed by atoms with Crippen molar-refractivity contribution in [3.8, 4) is 5.75 Å². The van der Waals surface area contributed by atoms with Gasteiger partial charge < -0.3 is 4.74 Å². The van der Waals surface area contributed by atoms with Gasteiger partial charge in [-0.2, -0.15) is 0 Å². The van der Waals surface area contributed by atoms with Crippen molar-refractivity contribution in [2.75, 3.05) is 4.90 Å². The summed E-state index contributed by atoms with van der Waals surface area (Å²) >= 11 is 0. The number of unbranched alkanes of at least 4 members (excludes halogenated alkanes) is 4. The van der Waals surface area contributed by atoms with E-state index in [2.05, 4.69) is 6.92 Å². The van der Waals surface area contributed by atoms with E-state index in [0.717, 1.165) is 37.0 Å². The van der Waals surface area contributed by atoms with Crippen molar-refractivity contribution in [1.82, 2.24) is 0 Å². The van der Waals surface area contributed by atoms with Crippen LogP contribution in [-0.4, -0.2) is 22.7 Å². The lowest BCUT2D eigenvalue weighted by atomic mass is 10.1. The van der Waals surface area contributed by atoms with Crippen molar-refractivity contribution in [3.63, 3.8) is 0 Å². The van der Waals surface area contributed by atoms with Gasteiger partial charge in [-0.05, 0) is 24.6 Å². The average molecular weight is 410 g/mol. The van der Waals surface area contributed by atoms with E-state index in [1.54, 1.807) is 12.1 Å². The van der Waals surface area contributed by atoms with E-state index in [1.807, 2.05) is 0 Å². The normalized spacial score (nSPS) is 12.8. The molecule has 30 heavy (non-hydrogen) atoms. The Kier molecular flexibility index (Phi) is 6.56. The second kappa shape index (κ2) is 9.30. The number of nitro benzene ring substituents is 1. The molecule has 0 bridgehead atoms. The minimum absolute atomic E-state index is 0.0244. The Hall–Kier alpha value is -3.55. The maximum atomic E-state index is 12.8. The number of carbonyl (C=O) groups excluding carboxylic acids is 3. The highest BCUT2D eigenvalue weighted by Crippen LogP contribution is 2.34. The van der Waals surface area contributed by atoms with Crippen molar-refractivity contribution in [3.05, 3.63) is 63.7 Å². The fourth-order valence-corrected chi connectivity index (χ4v) is 3.40. The van der Waals surface area contributed by atoms with Crippen molar-refractivity contribution in [1.29, 1.82) is 0 Å². The summed E-state index contributed by atoms with van der Waals surface area (Å²) in [5, 5.41) is 11.2. The summed E-state index contributed by atoms with van der Waals surface area (Å²) in [6.07, 6.45) is 5.31. The Morgan fingerprint density at radius 1 is 1.03 bits per heavy atom. The largest absolute Gasteiger partial charge is 0.426 e. The van der Waals surface area contributed by atoms with Crippen LogP contribution in [-0.2, 0) is 4.79 Å². The quantitative estimate of drug-likeness (QED) is 0.149. The predicted molar refractivity (Wildman–Crippen MR) is 110 cm³/mol. The highest BCUT2D eigenvalue weighted by Gasteiger charge is 2.41. The number of amides is 2. The number of hydrogen-bond donors (Lipinski definition) is 0. The molecule has 156 valence electrons. The summed E-state index contributed by atoms with van der Waals surface area (Å²) < 4.78 is 5.33. The average Bonchev–Trinajstić information content (AvgIpc) is 2.98. The zero-order valence-corrected chi connectivity index (χ0v) is 16.6. The Labute approximate surface area is 173 Å². The molecule has 0 atom stereocenters. The van der Waals surface area contributed by atoms with E-state index in [-0.39, 0.29) is 35.0 Å². The van der Waals surface area contributed by atoms with Gasteiger partial charge in [-0.1, -0.05) is 44.7 Å². The Bertz CT molecular complexity index is 1000. The van der Waals surface area contributed by atoms with Crippen LogP contribution in [0, 0.1) is 10.1 Å². The van der Waals surface area contributed by atoms with Crippen molar-refractivity contribution in [2.45, 2.75) is 45.4 Å². The first-order valence-corrected chi connectivity index (χ1v) is 9.91. The molecule has 1 aliphatic heterocycles. The highest BCUT2D eigenvalue weighted by molar-refractivity contribution is 6.35. The fraction of sp³-hybridized carbons (Fsp3) is 0.318. The third-order valence-corrected chi connectivity index (χ3v) is 4.88. The summed E-state index contributed by atoms with van der Waals surface area (Å²) in [7, 11) is 0. The molecule has 1 aliphatic rings. The van der Waals surface area contributed by atoms with Gasteiger partial charge in [0.1, 0.15) is 11.3 Å². The first kappa shape index (κ1) is 21.2. The molecule has 0 spiro atoms. The van der Waals surface area contributed by atoms with Gasteiger partial charge in [0.2, 0.25) is 0 Å². The van der Waals surface area contributed by atoms with E-state index in [4.69, 9.17) is 4.74 Å². The number of nitrogens with zero attached hydrogens (tertiary/aromatic N) is 2. The van der Waals surface area contributed by atoms with Gasteiger partial charge in [0.25, 0.3) is 17.5 Å². The van der Waals surface area contributed by atoms with E-state index in [1.165, 1.54) is 30.3 Å². The summed E-state index contributed by atoms with van der Waals surface area (Å²) in [6, 6.07) is 9.95. The van der Waals surface area contributed by atoms with Gasteiger partial charge in [-0.15, -0.1) is 0 Å². The predicted octanol–water partition coefficient (Wildman–Crippen LogP) is 4.66. The molecule has 0 fully saturated rings. The monoisotopic (exact) mass is 410 g/mol. The second-order valence-electron chi connectivity index (χ2n) is 7.04. The molecule has 0 saturated heterocycles. The van der Waals surface area contributed by atoms with Gasteiger partial charge in [-0.25, -0.2) is 4.90 Å². The molecular formula is C22H22N2O6. The van der Waals surface area contributed by atoms with E-state index >= 15 is 0 Å². The number of rotatable bonds is 9. The summed E-state index contributed by atoms with van der Waals surface area (Å²) in [5.41, 5.74) is -0.492. The molecule has 0 unspecified atom stereocenters. The number of imide groups is 1. The number of hydrogen-bond acceptors (Lipinski definition) is 6. The summed E-state index contributed by atoms with van der Waals surface area (Å²) in [4.78, 5) is 49.0. The Morgan fingerprint density at radius 2 is 1.77 bits per heavy atom. The second-order valence-corrected chi connectivity index (χ2v) is 7.04. The van der Waals surface area contributed by atoms with E-state index < -0.39 is 22.4 Å². The molecular weight excluding hydrogens is 388 g/mol. The Morgan fingerprint density at radius 3 is 2.50 bits per heavy atom. The molecule has 0 aromatic heterocycles. The fourth-order valence-electron chi connectivity index (χ4n) is 3.40. The van der Waals surface area contributed by atoms with Crippen LogP contribution in [0.2, 0.25) is 0 Å². The first-order valence-electron chi connectivity index (χ1n) is 9.91. The smallest absolute Gasteiger partial charge is 0.311 e. The van der Waals surface area contributed by atoms with Crippen LogP contribution >= 0.6 is 0 Å². The number of benzene rings is 2. The van der Waals surface area contributed by atoms with Crippen LogP contribution in [0.5, 0.6) is 5.75 Å². The van der Waals surface area contributed by atoms with Crippen molar-refractivity contribution >= 4 is 29.2 Å². The standard InChI is InChI=1S/C22H22N2O6/c1-2-3-4-5-6-13-19(25)30-16-10-7-9-15(14-16)23-21(26)17-11-8-12-18(24(28)29)20(17)22(23)27/h7-12,14H,2-6,13H2,1H3. The Balaban J connectivity index is 1.74. The molecule has 2 amide bonds. The number of fused-ring (bicyclic) bond motifs is 1. The third kappa shape index (κ3) is 4.37. The number of esters is 1. The van der Waals surface area contributed by atoms with E-state index in [0.29, 0.717) is 0 Å². The van der Waals surface area contributed by atoms with Crippen LogP contribution < -0.4 is 9.64 Å². The van der Waals surface area contributed by atoms with Gasteiger partial charge >= 0.3 is 5.97 Å². The van der Waals surface area contributed by atoms with Gasteiger partial charge in [0.15, 0.2) is 0 Å². The van der Waals surface area contributed by atoms with Crippen molar-refractivity contribution < 1.29 is 24.0 Å². The molecule has 8 heteroatoms. The lowest BCUT2D eigenvalue weighted by Crippen LogP contribution is -2.29. The molecule has 2 aromatic rings. The molecule has 0 radical (unpaired) electrons. The zero-order chi connectivity index (χ0) is 21.7. The lowest BCUT2D eigenvalue weighted by Gasteiger charge is -2.15. The van der Waals surface area contributed by atoms with Crippen molar-refractivity contribution in [2.24, 2.45) is 0 Å². The molecule has 3 rings (SSSR count). The minimum atomic E-state index is -0.776. The maximum Gasteiger partial charge on any atom is 0.311 e. The molecule has 1 heterocycles. The van der Waals surface area contributed by atoms with Gasteiger partial charge in [0, 0.05) is 18.6 Å². The molecule has 0 aliphatic carbocycles. The lowest BCUT2D eigenvalue weighted by molar-refractivity contribution is -0.385. The highest BCUT2D eigenvalue weighted by atomic mass is 16.6. The number of anilines is 1. The summed E-state index contributed by atoms with van der Waals surface area (Å²) in [6.45, 7) is 2.12. The van der Waals surface area contributed by atoms with Crippen LogP contribution in [0.3, 0.4) is 0 Å². The molecule has 8 nitrogen and oxygen atoms in total. The SMILES string of the molecule is CCCCCCCC(=O)Oc1cccc(N2C(=O)c3cccc([N+](=O)[O-])c3C2=O)c1. The minimum Gasteiger partial charge on any atom is -0.426 e. The number of ether oxygens (including phenoxy) is 1. The van der Waals surface area contributed by atoms with Crippen LogP contribution in [0.15, 0.2) is 42.5 Å². The maximum absolute atomic E-state index is 12.8. The summed E-state index contributed by atoms with van der Waals surface area (Å²) in [5.74, 6) is -1.61.